The van der Waals surface area contributed by atoms with E-state index in [0.29, 0.717) is 29.1 Å². The minimum Gasteiger partial charge on any atom is -0.354 e. The Bertz CT molecular complexity index is 1050. The lowest BCUT2D eigenvalue weighted by Crippen LogP contribution is -2.48. The monoisotopic (exact) mass is 483 g/mol. The van der Waals surface area contributed by atoms with Crippen molar-refractivity contribution in [2.24, 2.45) is 5.92 Å². The molecule has 2 aromatic carbocycles. The van der Waals surface area contributed by atoms with Crippen LogP contribution in [0.3, 0.4) is 0 Å². The van der Waals surface area contributed by atoms with E-state index < -0.39 is 6.04 Å². The van der Waals surface area contributed by atoms with Gasteiger partial charge in [0.1, 0.15) is 6.04 Å². The van der Waals surface area contributed by atoms with Gasteiger partial charge < -0.3 is 10.2 Å². The zero-order chi connectivity index (χ0) is 24.8. The lowest BCUT2D eigenvalue weighted by Gasteiger charge is -2.29. The zero-order valence-corrected chi connectivity index (χ0v) is 20.5. The first kappa shape index (κ1) is 25.4. The fraction of sp³-hybridized carbons (Fsp3) is 0.385. The van der Waals surface area contributed by atoms with Crippen LogP contribution in [-0.4, -0.2) is 52.6 Å². The van der Waals surface area contributed by atoms with Crippen LogP contribution in [0.2, 0.25) is 5.02 Å². The summed E-state index contributed by atoms with van der Waals surface area (Å²) in [5.41, 5.74) is 1.51. The highest BCUT2D eigenvalue weighted by molar-refractivity contribution is 6.31. The summed E-state index contributed by atoms with van der Waals surface area (Å²) in [5, 5.41) is 3.39. The fourth-order valence-corrected chi connectivity index (χ4v) is 4.01. The second-order valence-corrected chi connectivity index (χ2v) is 9.25. The molecule has 0 aromatic heterocycles. The number of fused-ring (bicyclic) bond motifs is 1. The predicted octanol–water partition coefficient (Wildman–Crippen LogP) is 3.91. The van der Waals surface area contributed by atoms with Crippen LogP contribution in [0.1, 0.15) is 59.9 Å². The largest absolute Gasteiger partial charge is 0.354 e. The van der Waals surface area contributed by atoms with Crippen molar-refractivity contribution in [2.45, 2.75) is 46.2 Å². The highest BCUT2D eigenvalue weighted by Gasteiger charge is 2.35. The number of carbonyl (C=O) groups is 4. The molecule has 2 aromatic rings. The van der Waals surface area contributed by atoms with Crippen molar-refractivity contribution in [3.63, 3.8) is 0 Å². The van der Waals surface area contributed by atoms with Crippen LogP contribution in [0.25, 0.3) is 0 Å². The van der Waals surface area contributed by atoms with Crippen molar-refractivity contribution in [1.29, 1.82) is 0 Å². The summed E-state index contributed by atoms with van der Waals surface area (Å²) in [4.78, 5) is 53.7. The van der Waals surface area contributed by atoms with Gasteiger partial charge in [-0.25, -0.2) is 0 Å². The van der Waals surface area contributed by atoms with Crippen LogP contribution in [0.5, 0.6) is 0 Å². The normalized spacial score (nSPS) is 13.7. The molecular formula is C26H30ClN3O4. The molecule has 4 amide bonds. The molecule has 0 fully saturated rings. The molecular weight excluding hydrogens is 454 g/mol. The number of hydrogen-bond acceptors (Lipinski definition) is 4. The molecule has 0 saturated heterocycles. The average Bonchev–Trinajstić information content (AvgIpc) is 3.06. The Labute approximate surface area is 205 Å². The minimum absolute atomic E-state index is 0.0830. The van der Waals surface area contributed by atoms with E-state index in [1.807, 2.05) is 26.0 Å². The van der Waals surface area contributed by atoms with E-state index in [2.05, 4.69) is 5.32 Å². The SMILES string of the molecule is CC(C)CNC(=O)[C@@H](C)N(Cc1ccccc1Cl)C(=O)CCCN1C(=O)c2ccccc2C1=O. The van der Waals surface area contributed by atoms with E-state index in [9.17, 15) is 19.2 Å². The van der Waals surface area contributed by atoms with Gasteiger partial charge in [0.05, 0.1) is 11.1 Å². The number of nitrogens with one attached hydrogen (secondary N) is 1. The predicted molar refractivity (Wildman–Crippen MR) is 130 cm³/mol. The topological polar surface area (TPSA) is 86.8 Å². The first-order valence-electron chi connectivity index (χ1n) is 11.5. The summed E-state index contributed by atoms with van der Waals surface area (Å²) in [7, 11) is 0. The number of nitrogens with zero attached hydrogens (tertiary/aromatic N) is 2. The number of carbonyl (C=O) groups excluding carboxylic acids is 4. The van der Waals surface area contributed by atoms with Crippen molar-refractivity contribution in [2.75, 3.05) is 13.1 Å². The summed E-state index contributed by atoms with van der Waals surface area (Å²) < 4.78 is 0. The van der Waals surface area contributed by atoms with Gasteiger partial charge in [-0.1, -0.05) is 55.8 Å². The van der Waals surface area contributed by atoms with Crippen LogP contribution in [0.15, 0.2) is 48.5 Å². The Kier molecular flexibility index (Phi) is 8.45. The van der Waals surface area contributed by atoms with Gasteiger partial charge in [0.2, 0.25) is 11.8 Å². The summed E-state index contributed by atoms with van der Waals surface area (Å²) in [5.74, 6) is -0.897. The molecule has 3 rings (SSSR count). The summed E-state index contributed by atoms with van der Waals surface area (Å²) in [6.45, 7) is 6.51. The third kappa shape index (κ3) is 5.83. The Balaban J connectivity index is 1.67. The lowest BCUT2D eigenvalue weighted by atomic mass is 10.1. The number of amides is 4. The minimum atomic E-state index is -0.707. The van der Waals surface area contributed by atoms with Crippen molar-refractivity contribution in [3.05, 3.63) is 70.2 Å². The Morgan fingerprint density at radius 2 is 1.56 bits per heavy atom. The average molecular weight is 484 g/mol. The van der Waals surface area contributed by atoms with E-state index in [4.69, 9.17) is 11.6 Å². The molecule has 7 nitrogen and oxygen atoms in total. The number of rotatable bonds is 10. The smallest absolute Gasteiger partial charge is 0.261 e. The van der Waals surface area contributed by atoms with Crippen LogP contribution in [-0.2, 0) is 16.1 Å². The molecule has 0 unspecified atom stereocenters. The van der Waals surface area contributed by atoms with E-state index >= 15 is 0 Å². The maximum atomic E-state index is 13.2. The van der Waals surface area contributed by atoms with Gasteiger partial charge in [0, 0.05) is 31.1 Å². The van der Waals surface area contributed by atoms with Crippen LogP contribution in [0, 0.1) is 5.92 Å². The third-order valence-electron chi connectivity index (χ3n) is 5.80. The third-order valence-corrected chi connectivity index (χ3v) is 6.17. The van der Waals surface area contributed by atoms with Crippen molar-refractivity contribution < 1.29 is 19.2 Å². The molecule has 0 saturated carbocycles. The van der Waals surface area contributed by atoms with Gasteiger partial charge >= 0.3 is 0 Å². The first-order valence-corrected chi connectivity index (χ1v) is 11.8. The first-order chi connectivity index (χ1) is 16.2. The molecule has 0 aliphatic carbocycles. The van der Waals surface area contributed by atoms with Gasteiger partial charge in [-0.05, 0) is 43.0 Å². The van der Waals surface area contributed by atoms with Gasteiger partial charge in [-0.3, -0.25) is 24.1 Å². The number of hydrogen-bond donors (Lipinski definition) is 1. The number of benzene rings is 2. The second-order valence-electron chi connectivity index (χ2n) is 8.84. The number of halogens is 1. The molecule has 180 valence electrons. The summed E-state index contributed by atoms with van der Waals surface area (Å²) in [6, 6.07) is 13.2. The van der Waals surface area contributed by atoms with E-state index in [1.54, 1.807) is 43.3 Å². The summed E-state index contributed by atoms with van der Waals surface area (Å²) >= 11 is 6.31. The van der Waals surface area contributed by atoms with E-state index in [-0.39, 0.29) is 49.1 Å². The Morgan fingerprint density at radius 1 is 0.971 bits per heavy atom. The Morgan fingerprint density at radius 3 is 2.15 bits per heavy atom. The standard InChI is InChI=1S/C26H30ClN3O4/c1-17(2)15-28-24(32)18(3)30(16-19-9-4-7-12-22(19)27)23(31)13-8-14-29-25(33)20-10-5-6-11-21(20)26(29)34/h4-7,9-12,17-18H,8,13-16H2,1-3H3,(H,28,32)/t18-/m1/s1. The van der Waals surface area contributed by atoms with Gasteiger partial charge in [-0.15, -0.1) is 0 Å². The molecule has 1 atom stereocenters. The second kappa shape index (κ2) is 11.3. The summed E-state index contributed by atoms with van der Waals surface area (Å²) in [6.07, 6.45) is 0.378. The lowest BCUT2D eigenvalue weighted by molar-refractivity contribution is -0.140. The van der Waals surface area contributed by atoms with Gasteiger partial charge in [0.25, 0.3) is 11.8 Å². The molecule has 1 N–H and O–H groups in total. The molecule has 8 heteroatoms. The van der Waals surface area contributed by atoms with E-state index in [1.165, 1.54) is 9.80 Å². The zero-order valence-electron chi connectivity index (χ0n) is 19.7. The maximum absolute atomic E-state index is 13.2. The molecule has 34 heavy (non-hydrogen) atoms. The molecule has 1 heterocycles. The van der Waals surface area contributed by atoms with Gasteiger partial charge in [0.15, 0.2) is 0 Å². The maximum Gasteiger partial charge on any atom is 0.261 e. The van der Waals surface area contributed by atoms with E-state index in [0.717, 1.165) is 5.56 Å². The molecule has 1 aliphatic rings. The highest BCUT2D eigenvalue weighted by atomic mass is 35.5. The fourth-order valence-electron chi connectivity index (χ4n) is 3.82. The van der Waals surface area contributed by atoms with Gasteiger partial charge in [-0.2, -0.15) is 0 Å². The van der Waals surface area contributed by atoms with Crippen molar-refractivity contribution in [1.82, 2.24) is 15.1 Å². The van der Waals surface area contributed by atoms with Crippen LogP contribution in [0.4, 0.5) is 0 Å². The highest BCUT2D eigenvalue weighted by Crippen LogP contribution is 2.23. The van der Waals surface area contributed by atoms with Crippen LogP contribution < -0.4 is 5.32 Å². The number of imide groups is 1. The van der Waals surface area contributed by atoms with Crippen molar-refractivity contribution >= 4 is 35.2 Å². The molecule has 0 bridgehead atoms. The quantitative estimate of drug-likeness (QED) is 0.519. The van der Waals surface area contributed by atoms with Crippen molar-refractivity contribution in [3.8, 4) is 0 Å². The molecule has 0 spiro atoms. The Hall–Kier alpha value is -3.19. The molecule has 0 radical (unpaired) electrons. The molecule has 1 aliphatic heterocycles. The van der Waals surface area contributed by atoms with Crippen LogP contribution >= 0.6 is 11.6 Å².